The molecule has 0 aromatic heterocycles. The Labute approximate surface area is 227 Å². The Morgan fingerprint density at radius 3 is 1.70 bits per heavy atom. The van der Waals surface area contributed by atoms with E-state index in [9.17, 15) is 40.9 Å². The van der Waals surface area contributed by atoms with Gasteiger partial charge in [0.2, 0.25) is 12.6 Å². The van der Waals surface area contributed by atoms with Crippen LogP contribution in [0.2, 0.25) is 0 Å². The van der Waals surface area contributed by atoms with Crippen LogP contribution < -0.4 is 14.2 Å². The van der Waals surface area contributed by atoms with Gasteiger partial charge in [-0.2, -0.15) is 0 Å². The molecule has 40 heavy (non-hydrogen) atoms. The molecule has 0 unspecified atom stereocenters. The zero-order valence-corrected chi connectivity index (χ0v) is 21.3. The van der Waals surface area contributed by atoms with E-state index in [4.69, 9.17) is 23.7 Å². The van der Waals surface area contributed by atoms with E-state index in [-0.39, 0.29) is 5.75 Å². The molecule has 0 saturated carbocycles. The lowest BCUT2D eigenvalue weighted by atomic mass is 9.99. The Morgan fingerprint density at radius 1 is 0.625 bits per heavy atom. The molecule has 218 valence electrons. The molecule has 0 aliphatic carbocycles. The number of ether oxygens (including phenoxy) is 5. The Kier molecular flexibility index (Phi) is 8.31. The third-order valence-electron chi connectivity index (χ3n) is 7.26. The summed E-state index contributed by atoms with van der Waals surface area (Å²) in [7, 11) is 1.47. The van der Waals surface area contributed by atoms with Crippen molar-refractivity contribution in [2.75, 3.05) is 20.3 Å². The highest BCUT2D eigenvalue weighted by Crippen LogP contribution is 2.39. The van der Waals surface area contributed by atoms with Gasteiger partial charge in [-0.1, -0.05) is 12.1 Å². The quantitative estimate of drug-likeness (QED) is 0.152. The van der Waals surface area contributed by atoms with Gasteiger partial charge in [0.15, 0.2) is 0 Å². The van der Waals surface area contributed by atoms with Crippen LogP contribution >= 0.6 is 0 Å². The van der Waals surface area contributed by atoms with Crippen LogP contribution in [-0.4, -0.2) is 123 Å². The molecule has 2 aliphatic heterocycles. The van der Waals surface area contributed by atoms with Crippen molar-refractivity contribution in [3.8, 4) is 17.2 Å². The number of hydrogen-bond donors (Lipinski definition) is 8. The molecule has 0 radical (unpaired) electrons. The van der Waals surface area contributed by atoms with Crippen molar-refractivity contribution in [3.05, 3.63) is 42.5 Å². The van der Waals surface area contributed by atoms with E-state index in [0.717, 1.165) is 16.2 Å². The van der Waals surface area contributed by atoms with Crippen molar-refractivity contribution >= 4 is 21.5 Å². The fraction of sp³-hybridized carbons (Fsp3) is 0.481. The molecule has 13 heteroatoms. The summed E-state index contributed by atoms with van der Waals surface area (Å²) in [6.07, 6.45) is -14.2. The average Bonchev–Trinajstić information content (AvgIpc) is 2.96. The van der Waals surface area contributed by atoms with Gasteiger partial charge in [0, 0.05) is 11.5 Å². The molecule has 3 aromatic rings. The first kappa shape index (κ1) is 28.7. The fourth-order valence-corrected chi connectivity index (χ4v) is 5.02. The van der Waals surface area contributed by atoms with Crippen LogP contribution in [0.4, 0.5) is 0 Å². The highest BCUT2D eigenvalue weighted by Gasteiger charge is 2.45. The molecule has 3 aromatic carbocycles. The molecule has 2 fully saturated rings. The SMILES string of the molecule is COc1cc(O[C@@H]2O[C@H](CO)[C@@H](O)[C@H](O)[C@H]2O)cc2ccc3cc(O[C@@H]4O[C@H](CO)[C@@H](O)[C@H](O)[C@H]4O)ccc3c12. The zero-order valence-electron chi connectivity index (χ0n) is 21.3. The Hall–Kier alpha value is -2.82. The van der Waals surface area contributed by atoms with Gasteiger partial charge in [-0.15, -0.1) is 0 Å². The second kappa shape index (κ2) is 11.6. The number of methoxy groups -OCH3 is 1. The maximum atomic E-state index is 10.3. The standard InChI is InChI=1S/C27H32O13/c1-36-16-8-14(38-27-25(35)23(33)21(31)18(10-29)40-27)7-12-3-2-11-6-13(4-5-15(11)19(12)16)37-26-24(34)22(32)20(30)17(9-28)39-26/h2-8,17-18,20-35H,9-10H2,1H3/t17-,18-,20-,21-,22+,23+,24-,25-,26-,27-/m1/s1. The molecule has 2 heterocycles. The first-order chi connectivity index (χ1) is 19.2. The number of hydrogen-bond acceptors (Lipinski definition) is 13. The molecular weight excluding hydrogens is 532 g/mol. The summed E-state index contributed by atoms with van der Waals surface area (Å²) in [5, 5.41) is 82.5. The van der Waals surface area contributed by atoms with E-state index in [1.807, 2.05) is 0 Å². The highest BCUT2D eigenvalue weighted by atomic mass is 16.7. The lowest BCUT2D eigenvalue weighted by Gasteiger charge is -2.39. The number of fused-ring (bicyclic) bond motifs is 3. The number of benzene rings is 3. The van der Waals surface area contributed by atoms with E-state index in [1.54, 1.807) is 42.5 Å². The van der Waals surface area contributed by atoms with E-state index < -0.39 is 74.6 Å². The second-order valence-corrected chi connectivity index (χ2v) is 9.80. The Bertz CT molecular complexity index is 1330. The van der Waals surface area contributed by atoms with Crippen molar-refractivity contribution in [3.63, 3.8) is 0 Å². The van der Waals surface area contributed by atoms with Gasteiger partial charge in [-0.25, -0.2) is 0 Å². The molecule has 8 N–H and O–H groups in total. The lowest BCUT2D eigenvalue weighted by molar-refractivity contribution is -0.277. The minimum atomic E-state index is -1.58. The highest BCUT2D eigenvalue weighted by molar-refractivity contribution is 6.11. The van der Waals surface area contributed by atoms with Gasteiger partial charge < -0.3 is 64.5 Å². The van der Waals surface area contributed by atoms with Crippen LogP contribution in [0.5, 0.6) is 17.2 Å². The van der Waals surface area contributed by atoms with E-state index in [2.05, 4.69) is 0 Å². The number of aliphatic hydroxyl groups is 8. The molecule has 10 atom stereocenters. The summed E-state index contributed by atoms with van der Waals surface area (Å²) in [6, 6.07) is 11.9. The van der Waals surface area contributed by atoms with Crippen molar-refractivity contribution in [2.45, 2.75) is 61.4 Å². The third-order valence-corrected chi connectivity index (χ3v) is 7.26. The van der Waals surface area contributed by atoms with Gasteiger partial charge in [0.25, 0.3) is 0 Å². The van der Waals surface area contributed by atoms with Crippen LogP contribution in [0.3, 0.4) is 0 Å². The number of rotatable bonds is 7. The predicted molar refractivity (Wildman–Crippen MR) is 137 cm³/mol. The largest absolute Gasteiger partial charge is 0.496 e. The molecule has 13 nitrogen and oxygen atoms in total. The van der Waals surface area contributed by atoms with Crippen molar-refractivity contribution in [1.82, 2.24) is 0 Å². The van der Waals surface area contributed by atoms with E-state index >= 15 is 0 Å². The first-order valence-corrected chi connectivity index (χ1v) is 12.7. The summed E-state index contributed by atoms with van der Waals surface area (Å²) in [5.41, 5.74) is 0. The number of aliphatic hydroxyl groups excluding tert-OH is 8. The molecule has 5 rings (SSSR count). The summed E-state index contributed by atoms with van der Waals surface area (Å²) in [6.45, 7) is -1.16. The van der Waals surface area contributed by atoms with Crippen LogP contribution in [-0.2, 0) is 9.47 Å². The summed E-state index contributed by atoms with van der Waals surface area (Å²) in [4.78, 5) is 0. The first-order valence-electron chi connectivity index (χ1n) is 12.7. The smallest absolute Gasteiger partial charge is 0.229 e. The van der Waals surface area contributed by atoms with Crippen molar-refractivity contribution < 1.29 is 64.5 Å². The molecule has 2 saturated heterocycles. The van der Waals surface area contributed by atoms with Crippen LogP contribution in [0, 0.1) is 0 Å². The summed E-state index contributed by atoms with van der Waals surface area (Å²) < 4.78 is 28.0. The van der Waals surface area contributed by atoms with Crippen LogP contribution in [0.15, 0.2) is 42.5 Å². The monoisotopic (exact) mass is 564 g/mol. The third kappa shape index (κ3) is 5.17. The van der Waals surface area contributed by atoms with E-state index in [1.165, 1.54) is 7.11 Å². The van der Waals surface area contributed by atoms with Gasteiger partial charge in [-0.05, 0) is 40.4 Å². The maximum Gasteiger partial charge on any atom is 0.229 e. The fourth-order valence-electron chi connectivity index (χ4n) is 5.02. The second-order valence-electron chi connectivity index (χ2n) is 9.80. The molecule has 0 bridgehead atoms. The summed E-state index contributed by atoms with van der Waals surface area (Å²) in [5.74, 6) is 0.971. The van der Waals surface area contributed by atoms with E-state index in [0.29, 0.717) is 16.9 Å². The van der Waals surface area contributed by atoms with Gasteiger partial charge >= 0.3 is 0 Å². The Balaban J connectivity index is 1.42. The molecule has 0 amide bonds. The minimum absolute atomic E-state index is 0.246. The lowest BCUT2D eigenvalue weighted by Crippen LogP contribution is -2.60. The normalized spacial score (nSPS) is 34.6. The van der Waals surface area contributed by atoms with Crippen molar-refractivity contribution in [2.24, 2.45) is 0 Å². The zero-order chi connectivity index (χ0) is 28.7. The maximum absolute atomic E-state index is 10.3. The van der Waals surface area contributed by atoms with Gasteiger partial charge in [0.05, 0.1) is 20.3 Å². The van der Waals surface area contributed by atoms with Crippen LogP contribution in [0.1, 0.15) is 0 Å². The topological polar surface area (TPSA) is 208 Å². The molecule has 2 aliphatic rings. The predicted octanol–water partition coefficient (Wildman–Crippen LogP) is -1.64. The summed E-state index contributed by atoms with van der Waals surface area (Å²) >= 11 is 0. The molecule has 0 spiro atoms. The van der Waals surface area contributed by atoms with Crippen LogP contribution in [0.25, 0.3) is 21.5 Å². The van der Waals surface area contributed by atoms with Gasteiger partial charge in [-0.3, -0.25) is 0 Å². The van der Waals surface area contributed by atoms with Crippen molar-refractivity contribution in [1.29, 1.82) is 0 Å². The Morgan fingerprint density at radius 2 is 1.15 bits per heavy atom. The average molecular weight is 565 g/mol. The molecular formula is C27H32O13. The minimum Gasteiger partial charge on any atom is -0.496 e. The van der Waals surface area contributed by atoms with Gasteiger partial charge in [0.1, 0.15) is 66.1 Å².